The average Bonchev–Trinajstić information content (AvgIpc) is 2.53. The Hall–Kier alpha value is -1.50. The highest BCUT2D eigenvalue weighted by Crippen LogP contribution is 2.29. The number of thioether (sulfide) groups is 1. The summed E-state index contributed by atoms with van der Waals surface area (Å²) in [6.45, 7) is 1.88. The zero-order chi connectivity index (χ0) is 14.8. The predicted octanol–water partition coefficient (Wildman–Crippen LogP) is 1.35. The monoisotopic (exact) mass is 307 g/mol. The van der Waals surface area contributed by atoms with Gasteiger partial charge < -0.3 is 15.5 Å². The maximum absolute atomic E-state index is 11.5. The summed E-state index contributed by atoms with van der Waals surface area (Å²) in [7, 11) is 1.87. The van der Waals surface area contributed by atoms with Crippen LogP contribution in [-0.4, -0.2) is 48.3 Å². The molecule has 0 aromatic carbocycles. The van der Waals surface area contributed by atoms with Crippen molar-refractivity contribution in [3.63, 3.8) is 0 Å². The van der Waals surface area contributed by atoms with E-state index in [4.69, 9.17) is 0 Å². The second-order valence-electron chi connectivity index (χ2n) is 5.56. The molecule has 6 nitrogen and oxygen atoms in total. The van der Waals surface area contributed by atoms with Crippen molar-refractivity contribution in [2.24, 2.45) is 5.92 Å². The second kappa shape index (κ2) is 6.09. The summed E-state index contributed by atoms with van der Waals surface area (Å²) in [4.78, 5) is 22.8. The van der Waals surface area contributed by atoms with Crippen molar-refractivity contribution >= 4 is 29.3 Å². The number of carbonyl (C=O) groups excluding carboxylic acids is 1. The van der Waals surface area contributed by atoms with Crippen LogP contribution in [0.2, 0.25) is 0 Å². The molecule has 0 aliphatic carbocycles. The minimum atomic E-state index is 0.203. The Balaban J connectivity index is 1.77. The van der Waals surface area contributed by atoms with E-state index >= 15 is 0 Å². The van der Waals surface area contributed by atoms with Gasteiger partial charge in [-0.2, -0.15) is 0 Å². The van der Waals surface area contributed by atoms with E-state index in [0.717, 1.165) is 42.7 Å². The van der Waals surface area contributed by atoms with Crippen molar-refractivity contribution < 1.29 is 4.79 Å². The fraction of sp³-hybridized carbons (Fsp3) is 0.643. The van der Waals surface area contributed by atoms with Gasteiger partial charge in [-0.1, -0.05) is 11.8 Å². The van der Waals surface area contributed by atoms with Gasteiger partial charge in [0.1, 0.15) is 11.6 Å². The lowest BCUT2D eigenvalue weighted by molar-refractivity contribution is -0.124. The third-order valence-corrected chi connectivity index (χ3v) is 4.83. The summed E-state index contributed by atoms with van der Waals surface area (Å²) < 4.78 is 0. The van der Waals surface area contributed by atoms with E-state index in [9.17, 15) is 4.79 Å². The van der Waals surface area contributed by atoms with Gasteiger partial charge in [0.25, 0.3) is 0 Å². The molecule has 2 unspecified atom stereocenters. The molecule has 21 heavy (non-hydrogen) atoms. The van der Waals surface area contributed by atoms with Gasteiger partial charge >= 0.3 is 0 Å². The topological polar surface area (TPSA) is 70.2 Å². The van der Waals surface area contributed by atoms with E-state index in [1.54, 1.807) is 11.8 Å². The fourth-order valence-corrected chi connectivity index (χ4v) is 3.49. The van der Waals surface area contributed by atoms with Crippen LogP contribution in [0.1, 0.15) is 19.3 Å². The van der Waals surface area contributed by atoms with Crippen LogP contribution in [-0.2, 0) is 4.79 Å². The first-order valence-electron chi connectivity index (χ1n) is 7.34. The lowest BCUT2D eigenvalue weighted by atomic mass is 9.85. The zero-order valence-corrected chi connectivity index (χ0v) is 13.2. The van der Waals surface area contributed by atoms with Gasteiger partial charge in [0.15, 0.2) is 5.16 Å². The minimum absolute atomic E-state index is 0.203. The van der Waals surface area contributed by atoms with Crippen LogP contribution < -0.4 is 15.5 Å². The van der Waals surface area contributed by atoms with Crippen LogP contribution in [0, 0.1) is 5.92 Å². The van der Waals surface area contributed by atoms with Gasteiger partial charge in [0, 0.05) is 38.7 Å². The molecule has 1 amide bonds. The molecule has 0 radical (unpaired) electrons. The Kier molecular flexibility index (Phi) is 4.19. The molecule has 1 aromatic rings. The van der Waals surface area contributed by atoms with Crippen molar-refractivity contribution in [3.05, 3.63) is 6.07 Å². The highest BCUT2D eigenvalue weighted by Gasteiger charge is 2.34. The van der Waals surface area contributed by atoms with Gasteiger partial charge in [-0.3, -0.25) is 4.79 Å². The summed E-state index contributed by atoms with van der Waals surface area (Å²) in [5.41, 5.74) is 0. The molecule has 3 rings (SSSR count). The van der Waals surface area contributed by atoms with Gasteiger partial charge in [0.2, 0.25) is 5.91 Å². The minimum Gasteiger partial charge on any atom is -0.373 e. The smallest absolute Gasteiger partial charge is 0.220 e. The number of hydrogen-bond donors (Lipinski definition) is 2. The van der Waals surface area contributed by atoms with Crippen molar-refractivity contribution in [3.8, 4) is 0 Å². The van der Waals surface area contributed by atoms with Crippen molar-refractivity contribution in [2.45, 2.75) is 30.5 Å². The quantitative estimate of drug-likeness (QED) is 0.649. The number of anilines is 2. The Morgan fingerprint density at radius 2 is 2.29 bits per heavy atom. The second-order valence-corrected chi connectivity index (χ2v) is 6.33. The molecular formula is C14H21N5OS. The molecule has 7 heteroatoms. The first-order valence-corrected chi connectivity index (χ1v) is 8.57. The Morgan fingerprint density at radius 1 is 1.43 bits per heavy atom. The van der Waals surface area contributed by atoms with E-state index < -0.39 is 0 Å². The number of piperidine rings is 2. The van der Waals surface area contributed by atoms with Crippen LogP contribution in [0.15, 0.2) is 11.2 Å². The van der Waals surface area contributed by atoms with Crippen LogP contribution in [0.4, 0.5) is 11.6 Å². The molecule has 2 saturated heterocycles. The molecule has 2 atom stereocenters. The SMILES string of the molecule is CNc1cc(N2CCC3NC(=O)CCC3C2)nc(SC)n1. The molecular weight excluding hydrogens is 286 g/mol. The average molecular weight is 307 g/mol. The van der Waals surface area contributed by atoms with Gasteiger partial charge in [-0.25, -0.2) is 9.97 Å². The molecule has 2 aliphatic heterocycles. The summed E-state index contributed by atoms with van der Waals surface area (Å²) in [5.74, 6) is 2.56. The van der Waals surface area contributed by atoms with E-state index in [-0.39, 0.29) is 5.91 Å². The Morgan fingerprint density at radius 3 is 3.05 bits per heavy atom. The van der Waals surface area contributed by atoms with E-state index in [1.807, 2.05) is 19.4 Å². The number of carbonyl (C=O) groups is 1. The van der Waals surface area contributed by atoms with Crippen molar-refractivity contribution in [2.75, 3.05) is 36.6 Å². The lowest BCUT2D eigenvalue weighted by Gasteiger charge is -2.41. The highest BCUT2D eigenvalue weighted by molar-refractivity contribution is 7.98. The molecule has 2 aliphatic rings. The summed E-state index contributed by atoms with van der Waals surface area (Å²) in [6, 6.07) is 2.34. The van der Waals surface area contributed by atoms with Crippen molar-refractivity contribution in [1.29, 1.82) is 0 Å². The molecule has 0 saturated carbocycles. The third-order valence-electron chi connectivity index (χ3n) is 4.28. The number of hydrogen-bond acceptors (Lipinski definition) is 6. The molecule has 3 heterocycles. The lowest BCUT2D eigenvalue weighted by Crippen LogP contribution is -2.54. The largest absolute Gasteiger partial charge is 0.373 e. The maximum Gasteiger partial charge on any atom is 0.220 e. The van der Waals surface area contributed by atoms with E-state index in [1.165, 1.54) is 0 Å². The summed E-state index contributed by atoms with van der Waals surface area (Å²) in [5, 5.41) is 7.00. The van der Waals surface area contributed by atoms with Crippen LogP contribution >= 0.6 is 11.8 Å². The van der Waals surface area contributed by atoms with Gasteiger partial charge in [-0.15, -0.1) is 0 Å². The molecule has 2 fully saturated rings. The third kappa shape index (κ3) is 3.07. The normalized spacial score (nSPS) is 25.2. The predicted molar refractivity (Wildman–Crippen MR) is 84.8 cm³/mol. The maximum atomic E-state index is 11.5. The standard InChI is InChI=1S/C14H21N5OS/c1-15-11-7-12(18-14(17-11)21-2)19-6-5-10-9(8-19)3-4-13(20)16-10/h7,9-10H,3-6,8H2,1-2H3,(H,16,20)(H,15,17,18). The highest BCUT2D eigenvalue weighted by atomic mass is 32.2. The number of rotatable bonds is 3. The Labute approximate surface area is 129 Å². The number of fused-ring (bicyclic) bond motifs is 1. The van der Waals surface area contributed by atoms with E-state index in [2.05, 4.69) is 25.5 Å². The van der Waals surface area contributed by atoms with Crippen LogP contribution in [0.5, 0.6) is 0 Å². The van der Waals surface area contributed by atoms with Crippen molar-refractivity contribution in [1.82, 2.24) is 15.3 Å². The summed E-state index contributed by atoms with van der Waals surface area (Å²) in [6.07, 6.45) is 4.61. The fourth-order valence-electron chi connectivity index (χ4n) is 3.11. The van der Waals surface area contributed by atoms with E-state index in [0.29, 0.717) is 18.4 Å². The Bertz CT molecular complexity index is 516. The number of aromatic nitrogens is 2. The first-order chi connectivity index (χ1) is 10.2. The molecule has 1 aromatic heterocycles. The number of amides is 1. The van der Waals surface area contributed by atoms with Crippen LogP contribution in [0.25, 0.3) is 0 Å². The number of nitrogens with one attached hydrogen (secondary N) is 2. The number of nitrogens with zero attached hydrogens (tertiary/aromatic N) is 3. The first kappa shape index (κ1) is 14.4. The molecule has 2 N–H and O–H groups in total. The summed E-state index contributed by atoms with van der Waals surface area (Å²) >= 11 is 1.55. The molecule has 0 spiro atoms. The van der Waals surface area contributed by atoms with Crippen LogP contribution in [0.3, 0.4) is 0 Å². The molecule has 0 bridgehead atoms. The van der Waals surface area contributed by atoms with Gasteiger partial charge in [0.05, 0.1) is 0 Å². The van der Waals surface area contributed by atoms with Gasteiger partial charge in [-0.05, 0) is 25.0 Å². The molecule has 114 valence electrons. The zero-order valence-electron chi connectivity index (χ0n) is 12.4.